The van der Waals surface area contributed by atoms with E-state index in [0.29, 0.717) is 29.7 Å². The van der Waals surface area contributed by atoms with Gasteiger partial charge in [0.1, 0.15) is 0 Å². The number of Topliss-reactive ketones (excluding diaryl/α,β-unsaturated/α-hetero) is 1. The van der Waals surface area contributed by atoms with Crippen molar-refractivity contribution in [1.82, 2.24) is 5.32 Å². The lowest BCUT2D eigenvalue weighted by Gasteiger charge is -2.36. The van der Waals surface area contributed by atoms with Crippen molar-refractivity contribution in [3.63, 3.8) is 0 Å². The van der Waals surface area contributed by atoms with E-state index in [1.165, 1.54) is 23.5 Å². The molecule has 1 aliphatic carbocycles. The van der Waals surface area contributed by atoms with Crippen LogP contribution < -0.4 is 10.6 Å². The molecule has 184 valence electrons. The van der Waals surface area contributed by atoms with Crippen LogP contribution in [0.1, 0.15) is 47.6 Å². The Bertz CT molecular complexity index is 1380. The number of benzene rings is 2. The number of allylic oxidation sites excluding steroid dienone is 3. The van der Waals surface area contributed by atoms with Gasteiger partial charge in [0.25, 0.3) is 5.91 Å². The largest absolute Gasteiger partial charge is 0.416 e. The summed E-state index contributed by atoms with van der Waals surface area (Å²) in [6, 6.07) is 18.1. The maximum atomic E-state index is 13.5. The average Bonchev–Trinajstić information content (AvgIpc) is 3.38. The van der Waals surface area contributed by atoms with Crippen LogP contribution in [-0.4, -0.2) is 11.7 Å². The molecule has 2 N–H and O–H groups in total. The zero-order chi connectivity index (χ0) is 25.4. The molecule has 0 saturated carbocycles. The molecular weight excluding hydrogens is 485 g/mol. The molecule has 1 aromatic heterocycles. The van der Waals surface area contributed by atoms with Crippen LogP contribution in [0.5, 0.6) is 0 Å². The molecule has 5 rings (SSSR count). The molecule has 0 bridgehead atoms. The molecule has 8 heteroatoms. The van der Waals surface area contributed by atoms with Crippen molar-refractivity contribution in [2.24, 2.45) is 0 Å². The van der Waals surface area contributed by atoms with Gasteiger partial charge in [0.15, 0.2) is 5.78 Å². The fourth-order valence-corrected chi connectivity index (χ4v) is 5.86. The predicted octanol–water partition coefficient (Wildman–Crippen LogP) is 6.77. The minimum absolute atomic E-state index is 0.0298. The van der Waals surface area contributed by atoms with Crippen LogP contribution in [0.4, 0.5) is 18.9 Å². The minimum Gasteiger partial charge on any atom is -0.362 e. The quantitative estimate of drug-likeness (QED) is 0.409. The highest BCUT2D eigenvalue weighted by Gasteiger charge is 2.41. The second-order valence-corrected chi connectivity index (χ2v) is 9.96. The molecular formula is C28H23F3N2O2S. The van der Waals surface area contributed by atoms with Crippen molar-refractivity contribution >= 4 is 28.7 Å². The third-order valence-corrected chi connectivity index (χ3v) is 7.56. The molecule has 2 heterocycles. The van der Waals surface area contributed by atoms with Crippen LogP contribution in [0, 0.1) is 0 Å². The lowest BCUT2D eigenvalue weighted by molar-refractivity contribution is -0.137. The van der Waals surface area contributed by atoms with E-state index in [1.807, 2.05) is 47.8 Å². The van der Waals surface area contributed by atoms with Gasteiger partial charge in [-0.1, -0.05) is 42.5 Å². The topological polar surface area (TPSA) is 58.2 Å². The van der Waals surface area contributed by atoms with Crippen LogP contribution in [0.25, 0.3) is 0 Å². The summed E-state index contributed by atoms with van der Waals surface area (Å²) in [5.74, 6) is -1.13. The molecule has 3 aromatic rings. The Morgan fingerprint density at radius 2 is 1.81 bits per heavy atom. The number of hydrogen-bond acceptors (Lipinski definition) is 4. The van der Waals surface area contributed by atoms with E-state index in [9.17, 15) is 22.8 Å². The Hall–Kier alpha value is -3.65. The number of anilines is 1. The Kier molecular flexibility index (Phi) is 6.30. The number of carbonyl (C=O) groups excluding carboxylic acids is 2. The van der Waals surface area contributed by atoms with Gasteiger partial charge in [-0.2, -0.15) is 13.2 Å². The van der Waals surface area contributed by atoms with E-state index in [4.69, 9.17) is 0 Å². The van der Waals surface area contributed by atoms with Gasteiger partial charge in [-0.15, -0.1) is 11.3 Å². The number of nitrogens with one attached hydrogen (secondary N) is 2. The van der Waals surface area contributed by atoms with Crippen molar-refractivity contribution in [3.05, 3.63) is 111 Å². The third-order valence-electron chi connectivity index (χ3n) is 6.62. The third kappa shape index (κ3) is 4.60. The first-order chi connectivity index (χ1) is 17.2. The monoisotopic (exact) mass is 508 g/mol. The van der Waals surface area contributed by atoms with E-state index in [-0.39, 0.29) is 17.4 Å². The lowest BCUT2D eigenvalue weighted by atomic mass is 9.73. The minimum atomic E-state index is -4.52. The number of hydrogen-bond donors (Lipinski definition) is 2. The molecule has 0 unspecified atom stereocenters. The Morgan fingerprint density at radius 1 is 1.03 bits per heavy atom. The predicted molar refractivity (Wildman–Crippen MR) is 133 cm³/mol. The maximum Gasteiger partial charge on any atom is 0.416 e. The summed E-state index contributed by atoms with van der Waals surface area (Å²) in [5, 5.41) is 7.80. The molecule has 0 fully saturated rings. The molecule has 1 aliphatic heterocycles. The summed E-state index contributed by atoms with van der Waals surface area (Å²) < 4.78 is 39.5. The smallest absolute Gasteiger partial charge is 0.362 e. The first kappa shape index (κ1) is 24.1. The molecule has 0 saturated heterocycles. The summed E-state index contributed by atoms with van der Waals surface area (Å²) in [5.41, 5.74) is 2.55. The van der Waals surface area contributed by atoms with E-state index in [2.05, 4.69) is 10.6 Å². The van der Waals surface area contributed by atoms with Gasteiger partial charge < -0.3 is 10.6 Å². The summed E-state index contributed by atoms with van der Waals surface area (Å²) in [6.07, 6.45) is -3.56. The van der Waals surface area contributed by atoms with E-state index < -0.39 is 23.6 Å². The zero-order valence-corrected chi connectivity index (χ0v) is 20.2. The lowest BCUT2D eigenvalue weighted by Crippen LogP contribution is -2.36. The summed E-state index contributed by atoms with van der Waals surface area (Å²) in [4.78, 5) is 27.9. The van der Waals surface area contributed by atoms with Crippen LogP contribution >= 0.6 is 11.3 Å². The number of dihydropyridines is 1. The highest BCUT2D eigenvalue weighted by atomic mass is 32.1. The maximum absolute atomic E-state index is 13.5. The number of amides is 1. The molecule has 0 radical (unpaired) electrons. The van der Waals surface area contributed by atoms with Crippen molar-refractivity contribution < 1.29 is 22.8 Å². The molecule has 2 aromatic carbocycles. The molecule has 1 amide bonds. The number of rotatable bonds is 4. The number of ketones is 1. The van der Waals surface area contributed by atoms with Gasteiger partial charge >= 0.3 is 6.18 Å². The Balaban J connectivity index is 1.50. The first-order valence-electron chi connectivity index (χ1n) is 11.5. The number of alkyl halides is 3. The average molecular weight is 509 g/mol. The van der Waals surface area contributed by atoms with Gasteiger partial charge in [0.2, 0.25) is 0 Å². The second-order valence-electron chi connectivity index (χ2n) is 8.98. The van der Waals surface area contributed by atoms with E-state index in [1.54, 1.807) is 6.92 Å². The highest BCUT2D eigenvalue weighted by Crippen LogP contribution is 2.46. The second kappa shape index (κ2) is 9.43. The standard InChI is InChI=1S/C28H23F3N2O2S/c1-16-24(27(35)33-20-10-5-9-19(15-20)28(29,30)31)26(23-11-6-12-36-23)25-21(32-16)13-18(14-22(25)34)17-7-3-2-4-8-17/h2-12,15,18,26,32H,13-14H2,1H3,(H,33,35)/t18-,26+/m0/s1. The molecule has 2 aliphatic rings. The van der Waals surface area contributed by atoms with Crippen LogP contribution in [0.3, 0.4) is 0 Å². The zero-order valence-electron chi connectivity index (χ0n) is 19.4. The highest BCUT2D eigenvalue weighted by molar-refractivity contribution is 7.10. The van der Waals surface area contributed by atoms with Crippen LogP contribution in [0.2, 0.25) is 0 Å². The van der Waals surface area contributed by atoms with Crippen molar-refractivity contribution in [3.8, 4) is 0 Å². The van der Waals surface area contributed by atoms with Gasteiger partial charge in [-0.3, -0.25) is 9.59 Å². The number of thiophene rings is 1. The summed E-state index contributed by atoms with van der Waals surface area (Å²) in [6.45, 7) is 1.77. The Labute approximate surface area is 210 Å². The normalized spacial score (nSPS) is 20.2. The van der Waals surface area contributed by atoms with Crippen molar-refractivity contribution in [1.29, 1.82) is 0 Å². The SMILES string of the molecule is CC1=C(C(=O)Nc2cccc(C(F)(F)F)c2)[C@@H](c2cccs2)C2=C(C[C@H](c3ccccc3)CC2=O)N1. The summed E-state index contributed by atoms with van der Waals surface area (Å²) in [7, 11) is 0. The van der Waals surface area contributed by atoms with Gasteiger partial charge in [0.05, 0.1) is 11.5 Å². The number of halogens is 3. The van der Waals surface area contributed by atoms with Gasteiger partial charge in [-0.25, -0.2) is 0 Å². The van der Waals surface area contributed by atoms with Gasteiger partial charge in [-0.05, 0) is 54.5 Å². The van der Waals surface area contributed by atoms with E-state index in [0.717, 1.165) is 28.3 Å². The van der Waals surface area contributed by atoms with E-state index >= 15 is 0 Å². The fraction of sp³-hybridized carbons (Fsp3) is 0.214. The molecule has 36 heavy (non-hydrogen) atoms. The van der Waals surface area contributed by atoms with Crippen molar-refractivity contribution in [2.45, 2.75) is 37.8 Å². The summed E-state index contributed by atoms with van der Waals surface area (Å²) >= 11 is 1.44. The Morgan fingerprint density at radius 3 is 2.50 bits per heavy atom. The molecule has 4 nitrogen and oxygen atoms in total. The first-order valence-corrected chi connectivity index (χ1v) is 12.4. The van der Waals surface area contributed by atoms with Crippen molar-refractivity contribution in [2.75, 3.05) is 5.32 Å². The molecule has 0 spiro atoms. The van der Waals surface area contributed by atoms with Gasteiger partial charge in [0, 0.05) is 39.5 Å². The van der Waals surface area contributed by atoms with Crippen LogP contribution in [0.15, 0.2) is 94.7 Å². The van der Waals surface area contributed by atoms with Crippen LogP contribution in [-0.2, 0) is 15.8 Å². The number of carbonyl (C=O) groups is 2. The molecule has 2 atom stereocenters. The fourth-order valence-electron chi connectivity index (χ4n) is 5.01.